The van der Waals surface area contributed by atoms with Crippen LogP contribution in [0.2, 0.25) is 0 Å². The summed E-state index contributed by atoms with van der Waals surface area (Å²) < 4.78 is 9.33. The van der Waals surface area contributed by atoms with Gasteiger partial charge in [0.2, 0.25) is 0 Å². The summed E-state index contributed by atoms with van der Waals surface area (Å²) in [5.74, 6) is 0. The third-order valence-corrected chi connectivity index (χ3v) is 1.41. The van der Waals surface area contributed by atoms with Gasteiger partial charge in [-0.25, -0.2) is 0 Å². The summed E-state index contributed by atoms with van der Waals surface area (Å²) >= 11 is 5.24. The summed E-state index contributed by atoms with van der Waals surface area (Å²) in [5, 5.41) is 10.2. The van der Waals surface area contributed by atoms with Gasteiger partial charge in [-0.1, -0.05) is 0 Å². The molecule has 0 atom stereocenters. The van der Waals surface area contributed by atoms with Crippen molar-refractivity contribution in [1.29, 1.82) is 0 Å². The molecule has 7 nitrogen and oxygen atoms in total. The molecule has 0 bridgehead atoms. The van der Waals surface area contributed by atoms with Gasteiger partial charge in [-0.2, -0.15) is 0 Å². The van der Waals surface area contributed by atoms with Crippen LogP contribution in [-0.2, 0) is 4.57 Å². The van der Waals surface area contributed by atoms with E-state index >= 15 is 0 Å². The summed E-state index contributed by atoms with van der Waals surface area (Å²) in [4.78, 5) is 27.3. The van der Waals surface area contributed by atoms with Crippen LogP contribution in [-0.4, -0.2) is 21.4 Å². The summed E-state index contributed by atoms with van der Waals surface area (Å²) in [6.45, 7) is 0.854. The highest BCUT2D eigenvalue weighted by atomic mass is 35.5. The van der Waals surface area contributed by atoms with Gasteiger partial charge in [0, 0.05) is 36.3 Å². The minimum Gasteiger partial charge on any atom is -0.325 e. The molecule has 0 radical (unpaired) electrons. The summed E-state index contributed by atoms with van der Waals surface area (Å²) in [6.07, 6.45) is 0. The molecule has 0 spiro atoms. The first-order valence-corrected chi connectivity index (χ1v) is 6.32. The lowest BCUT2D eigenvalue weighted by Crippen LogP contribution is -1.87. The van der Waals surface area contributed by atoms with Crippen LogP contribution >= 0.6 is 19.4 Å². The van der Waals surface area contributed by atoms with Gasteiger partial charge in [0.25, 0.3) is 5.69 Å². The molecular weight excluding hydrogens is 259 g/mol. The van der Waals surface area contributed by atoms with Gasteiger partial charge in [0.05, 0.1) is 4.92 Å². The van der Waals surface area contributed by atoms with E-state index in [2.05, 4.69) is 4.84 Å². The third-order valence-electron chi connectivity index (χ3n) is 1.19. The van der Waals surface area contributed by atoms with E-state index < -0.39 is 12.5 Å². The fraction of sp³-hybridized carbons (Fsp3) is 0.143. The number of nitrogens with one attached hydrogen (secondary N) is 1. The molecule has 0 unspecified atom stereocenters. The van der Waals surface area contributed by atoms with Crippen molar-refractivity contribution < 1.29 is 19.3 Å². The van der Waals surface area contributed by atoms with Crippen LogP contribution in [0.4, 0.5) is 11.4 Å². The predicted octanol–water partition coefficient (Wildman–Crippen LogP) is 1.95. The molecule has 1 aromatic rings. The van der Waals surface area contributed by atoms with E-state index in [-0.39, 0.29) is 5.69 Å². The molecule has 0 fully saturated rings. The number of benzene rings is 1. The molecule has 1 aromatic carbocycles. The Hall–Kier alpha value is -1.14. The average molecular weight is 269 g/mol. The molecule has 0 aliphatic heterocycles. The van der Waals surface area contributed by atoms with Gasteiger partial charge in [-0.15, -0.1) is 0 Å². The van der Waals surface area contributed by atoms with Crippen molar-refractivity contribution in [2.45, 2.75) is 0 Å². The first-order valence-electron chi connectivity index (χ1n) is 3.88. The zero-order chi connectivity index (χ0) is 12.8. The number of hydrogen-bond acceptors (Lipinski definition) is 4. The smallest absolute Gasteiger partial charge is 0.322 e. The van der Waals surface area contributed by atoms with E-state index in [1.807, 2.05) is 0 Å². The van der Waals surface area contributed by atoms with Crippen molar-refractivity contribution in [2.24, 2.45) is 0 Å². The van der Waals surface area contributed by atoms with E-state index in [9.17, 15) is 14.7 Å². The monoisotopic (exact) mass is 268 g/mol. The Kier molecular flexibility index (Phi) is 5.98. The topological polar surface area (TPSA) is 113 Å². The number of nitro groups is 1. The Bertz CT molecular complexity index is 382. The highest BCUT2D eigenvalue weighted by Gasteiger charge is 2.02. The minimum atomic E-state index is -3.64. The summed E-state index contributed by atoms with van der Waals surface area (Å²) in [6, 6.07) is 5.83. The van der Waals surface area contributed by atoms with E-state index in [1.54, 1.807) is 0 Å². The van der Waals surface area contributed by atoms with Crippen molar-refractivity contribution in [3.05, 3.63) is 34.4 Å². The van der Waals surface area contributed by atoms with Crippen LogP contribution in [0.25, 0.3) is 0 Å². The minimum absolute atomic E-state index is 0.0562. The van der Waals surface area contributed by atoms with Gasteiger partial charge in [0.1, 0.15) is 0 Å². The maximum atomic E-state index is 10.2. The first-order chi connectivity index (χ1) is 7.24. The molecule has 0 aromatic heterocycles. The first kappa shape index (κ1) is 14.9. The zero-order valence-electron chi connectivity index (χ0n) is 8.20. The zero-order valence-corrected chi connectivity index (χ0v) is 9.85. The molecule has 0 heterocycles. The Labute approximate surface area is 96.5 Å². The van der Waals surface area contributed by atoms with E-state index in [0.717, 1.165) is 6.66 Å². The normalized spacial score (nSPS) is 10.0. The van der Waals surface area contributed by atoms with Crippen LogP contribution in [0, 0.1) is 10.1 Å². The lowest BCUT2D eigenvalue weighted by molar-refractivity contribution is -0.384. The fourth-order valence-electron chi connectivity index (χ4n) is 0.646. The number of rotatable bonds is 2. The predicted molar refractivity (Wildman–Crippen MR) is 60.5 cm³/mol. The molecule has 0 aliphatic carbocycles. The Balaban J connectivity index is 0.000000385. The van der Waals surface area contributed by atoms with Crippen LogP contribution in [0.1, 0.15) is 0 Å². The second-order valence-electron chi connectivity index (χ2n) is 2.73. The van der Waals surface area contributed by atoms with Crippen molar-refractivity contribution in [2.75, 3.05) is 11.5 Å². The maximum Gasteiger partial charge on any atom is 0.322 e. The average Bonchev–Trinajstić information content (AvgIpc) is 2.15. The van der Waals surface area contributed by atoms with Crippen molar-refractivity contribution in [3.8, 4) is 0 Å². The fourth-order valence-corrected chi connectivity index (χ4v) is 0.772. The SMILES string of the molecule is CP(=O)(O)O.O=[N+]([O-])c1ccc(NCl)cc1. The second-order valence-corrected chi connectivity index (χ2v) is 4.59. The standard InChI is InChI=1S/C6H5ClN2O2.CH5O3P/c7-8-5-1-3-6(4-2-5)9(10)11;1-5(2,3)4/h1-4,8H;1H3,(H2,2,3,4). The van der Waals surface area contributed by atoms with E-state index in [0.29, 0.717) is 5.69 Å². The number of nitro benzene ring substituents is 1. The van der Waals surface area contributed by atoms with Crippen LogP contribution in [0.5, 0.6) is 0 Å². The van der Waals surface area contributed by atoms with Crippen LogP contribution in [0.3, 0.4) is 0 Å². The summed E-state index contributed by atoms with van der Waals surface area (Å²) in [5.41, 5.74) is 0.693. The Morgan fingerprint density at radius 3 is 2.00 bits per heavy atom. The molecule has 0 saturated heterocycles. The number of halogens is 1. The highest BCUT2D eigenvalue weighted by molar-refractivity contribution is 7.50. The Morgan fingerprint density at radius 2 is 1.75 bits per heavy atom. The second kappa shape index (κ2) is 6.44. The van der Waals surface area contributed by atoms with Crippen molar-refractivity contribution in [3.63, 3.8) is 0 Å². The van der Waals surface area contributed by atoms with Crippen LogP contribution < -0.4 is 4.84 Å². The largest absolute Gasteiger partial charge is 0.325 e. The van der Waals surface area contributed by atoms with Gasteiger partial charge < -0.3 is 9.79 Å². The Morgan fingerprint density at radius 1 is 1.38 bits per heavy atom. The summed E-state index contributed by atoms with van der Waals surface area (Å²) in [7, 11) is -3.64. The lowest BCUT2D eigenvalue weighted by atomic mass is 10.3. The molecule has 0 aliphatic rings. The van der Waals surface area contributed by atoms with Gasteiger partial charge in [-0.3, -0.25) is 19.5 Å². The van der Waals surface area contributed by atoms with E-state index in [1.165, 1.54) is 24.3 Å². The molecule has 9 heteroatoms. The lowest BCUT2D eigenvalue weighted by Gasteiger charge is -1.94. The van der Waals surface area contributed by atoms with Gasteiger partial charge in [-0.05, 0) is 12.1 Å². The third kappa shape index (κ3) is 8.19. The number of nitrogens with zero attached hydrogens (tertiary/aromatic N) is 1. The molecular formula is C7H10ClN2O5P. The van der Waals surface area contributed by atoms with Crippen molar-refractivity contribution in [1.82, 2.24) is 0 Å². The molecule has 0 saturated carbocycles. The number of anilines is 1. The molecule has 3 N–H and O–H groups in total. The number of hydrogen-bond donors (Lipinski definition) is 3. The molecule has 90 valence electrons. The molecule has 16 heavy (non-hydrogen) atoms. The van der Waals surface area contributed by atoms with E-state index in [4.69, 9.17) is 21.6 Å². The van der Waals surface area contributed by atoms with Crippen LogP contribution in [0.15, 0.2) is 24.3 Å². The van der Waals surface area contributed by atoms with Gasteiger partial charge >= 0.3 is 7.60 Å². The van der Waals surface area contributed by atoms with Gasteiger partial charge in [0.15, 0.2) is 0 Å². The quantitative estimate of drug-likeness (QED) is 0.327. The number of non-ortho nitro benzene ring substituents is 1. The maximum absolute atomic E-state index is 10.2. The van der Waals surface area contributed by atoms with Crippen molar-refractivity contribution >= 4 is 30.7 Å². The molecule has 1 rings (SSSR count). The molecule has 0 amide bonds. The highest BCUT2D eigenvalue weighted by Crippen LogP contribution is 2.26.